The number of carbonyl (C=O) groups is 2. The first-order valence-electron chi connectivity index (χ1n) is 9.95. The number of nitrogens with one attached hydrogen (secondary N) is 1. The topological polar surface area (TPSA) is 58.6 Å². The molecule has 0 unspecified atom stereocenters. The third-order valence-corrected chi connectivity index (χ3v) is 5.01. The number of carbonyl (C=O) groups excluding carboxylic acids is 2. The predicted octanol–water partition coefficient (Wildman–Crippen LogP) is 3.58. The van der Waals surface area contributed by atoms with Crippen LogP contribution >= 0.6 is 0 Å². The molecule has 1 saturated heterocycles. The molecular formula is C23H28N2O3. The summed E-state index contributed by atoms with van der Waals surface area (Å²) in [6.45, 7) is 3.89. The lowest BCUT2D eigenvalue weighted by Crippen LogP contribution is -2.46. The maximum atomic E-state index is 12.6. The number of hydrogen-bond donors (Lipinski definition) is 1. The number of para-hydroxylation sites is 1. The third-order valence-electron chi connectivity index (χ3n) is 5.01. The SMILES string of the molecule is Cc1ccc(C(=O)N2CCC(NC(=O)CCCOc3ccccc3)CC2)cc1. The van der Waals surface area contributed by atoms with Crippen LogP contribution in [0.15, 0.2) is 54.6 Å². The minimum Gasteiger partial charge on any atom is -0.494 e. The Hall–Kier alpha value is -2.82. The van der Waals surface area contributed by atoms with Crippen LogP contribution in [0, 0.1) is 6.92 Å². The maximum Gasteiger partial charge on any atom is 0.253 e. The molecular weight excluding hydrogens is 352 g/mol. The van der Waals surface area contributed by atoms with Crippen LogP contribution in [0.2, 0.25) is 0 Å². The number of piperidine rings is 1. The van der Waals surface area contributed by atoms with Gasteiger partial charge in [-0.15, -0.1) is 0 Å². The average Bonchev–Trinajstić information content (AvgIpc) is 2.73. The van der Waals surface area contributed by atoms with Gasteiger partial charge in [-0.25, -0.2) is 0 Å². The Morgan fingerprint density at radius 3 is 2.39 bits per heavy atom. The molecule has 1 aliphatic heterocycles. The van der Waals surface area contributed by atoms with Crippen LogP contribution in [0.25, 0.3) is 0 Å². The predicted molar refractivity (Wildman–Crippen MR) is 109 cm³/mol. The van der Waals surface area contributed by atoms with Crippen molar-refractivity contribution in [3.8, 4) is 5.75 Å². The van der Waals surface area contributed by atoms with E-state index in [-0.39, 0.29) is 17.9 Å². The smallest absolute Gasteiger partial charge is 0.253 e. The van der Waals surface area contributed by atoms with Crippen molar-refractivity contribution in [1.82, 2.24) is 10.2 Å². The summed E-state index contributed by atoms with van der Waals surface area (Å²) in [5, 5.41) is 3.09. The lowest BCUT2D eigenvalue weighted by atomic mass is 10.0. The van der Waals surface area contributed by atoms with E-state index in [0.29, 0.717) is 32.5 Å². The van der Waals surface area contributed by atoms with Crippen molar-refractivity contribution in [3.05, 3.63) is 65.7 Å². The van der Waals surface area contributed by atoms with E-state index in [9.17, 15) is 9.59 Å². The summed E-state index contributed by atoms with van der Waals surface area (Å²) < 4.78 is 5.61. The summed E-state index contributed by atoms with van der Waals surface area (Å²) in [7, 11) is 0. The van der Waals surface area contributed by atoms with Crippen molar-refractivity contribution in [2.75, 3.05) is 19.7 Å². The lowest BCUT2D eigenvalue weighted by molar-refractivity contribution is -0.122. The van der Waals surface area contributed by atoms with Gasteiger partial charge in [0.15, 0.2) is 0 Å². The summed E-state index contributed by atoms with van der Waals surface area (Å²) in [5.41, 5.74) is 1.87. The largest absolute Gasteiger partial charge is 0.494 e. The second-order valence-electron chi connectivity index (χ2n) is 7.27. The van der Waals surface area contributed by atoms with Gasteiger partial charge in [-0.3, -0.25) is 9.59 Å². The number of likely N-dealkylation sites (tertiary alicyclic amines) is 1. The van der Waals surface area contributed by atoms with Crippen molar-refractivity contribution in [2.45, 2.75) is 38.6 Å². The van der Waals surface area contributed by atoms with Crippen LogP contribution in [0.4, 0.5) is 0 Å². The number of benzene rings is 2. The third kappa shape index (κ3) is 5.84. The van der Waals surface area contributed by atoms with E-state index in [4.69, 9.17) is 4.74 Å². The molecule has 28 heavy (non-hydrogen) atoms. The monoisotopic (exact) mass is 380 g/mol. The number of nitrogens with zero attached hydrogens (tertiary/aromatic N) is 1. The fourth-order valence-electron chi connectivity index (χ4n) is 3.34. The van der Waals surface area contributed by atoms with Crippen LogP contribution < -0.4 is 10.1 Å². The zero-order valence-electron chi connectivity index (χ0n) is 16.4. The molecule has 0 bridgehead atoms. The Morgan fingerprint density at radius 2 is 1.71 bits per heavy atom. The van der Waals surface area contributed by atoms with E-state index in [1.165, 1.54) is 0 Å². The van der Waals surface area contributed by atoms with Gasteiger partial charge in [0, 0.05) is 31.1 Å². The van der Waals surface area contributed by atoms with Gasteiger partial charge in [-0.05, 0) is 50.5 Å². The van der Waals surface area contributed by atoms with Gasteiger partial charge in [-0.2, -0.15) is 0 Å². The molecule has 2 aromatic carbocycles. The van der Waals surface area contributed by atoms with Gasteiger partial charge in [-0.1, -0.05) is 35.9 Å². The summed E-state index contributed by atoms with van der Waals surface area (Å²) in [4.78, 5) is 26.6. The molecule has 5 heteroatoms. The molecule has 0 aliphatic carbocycles. The van der Waals surface area contributed by atoms with Gasteiger partial charge in [0.2, 0.25) is 5.91 Å². The molecule has 0 aromatic heterocycles. The van der Waals surface area contributed by atoms with Gasteiger partial charge in [0.25, 0.3) is 5.91 Å². The molecule has 1 aliphatic rings. The maximum absolute atomic E-state index is 12.6. The molecule has 0 spiro atoms. The Labute approximate surface area is 166 Å². The summed E-state index contributed by atoms with van der Waals surface area (Å²) in [6.07, 6.45) is 2.73. The van der Waals surface area contributed by atoms with Gasteiger partial charge in [0.1, 0.15) is 5.75 Å². The van der Waals surface area contributed by atoms with Crippen LogP contribution in [-0.4, -0.2) is 42.5 Å². The normalized spacial score (nSPS) is 14.5. The van der Waals surface area contributed by atoms with Crippen molar-refractivity contribution in [3.63, 3.8) is 0 Å². The molecule has 1 fully saturated rings. The molecule has 2 amide bonds. The zero-order valence-corrected chi connectivity index (χ0v) is 16.4. The minimum absolute atomic E-state index is 0.0555. The highest BCUT2D eigenvalue weighted by atomic mass is 16.5. The van der Waals surface area contributed by atoms with Crippen LogP contribution in [-0.2, 0) is 4.79 Å². The van der Waals surface area contributed by atoms with Gasteiger partial charge >= 0.3 is 0 Å². The van der Waals surface area contributed by atoms with E-state index >= 15 is 0 Å². The second kappa shape index (κ2) is 9.93. The molecule has 1 heterocycles. The van der Waals surface area contributed by atoms with Crippen LogP contribution in [0.5, 0.6) is 5.75 Å². The van der Waals surface area contributed by atoms with E-state index in [0.717, 1.165) is 29.7 Å². The number of hydrogen-bond acceptors (Lipinski definition) is 3. The average molecular weight is 380 g/mol. The minimum atomic E-state index is 0.0555. The van der Waals surface area contributed by atoms with Crippen molar-refractivity contribution < 1.29 is 14.3 Å². The number of rotatable bonds is 7. The lowest BCUT2D eigenvalue weighted by Gasteiger charge is -2.32. The molecule has 0 radical (unpaired) electrons. The Morgan fingerprint density at radius 1 is 1.04 bits per heavy atom. The molecule has 3 rings (SSSR count). The molecule has 1 N–H and O–H groups in total. The fraction of sp³-hybridized carbons (Fsp3) is 0.391. The van der Waals surface area contributed by atoms with Crippen molar-refractivity contribution in [2.24, 2.45) is 0 Å². The first-order valence-corrected chi connectivity index (χ1v) is 9.95. The van der Waals surface area contributed by atoms with E-state index in [2.05, 4.69) is 5.32 Å². The number of amides is 2. The molecule has 2 aromatic rings. The van der Waals surface area contributed by atoms with E-state index < -0.39 is 0 Å². The first kappa shape index (κ1) is 19.9. The van der Waals surface area contributed by atoms with Crippen LogP contribution in [0.1, 0.15) is 41.6 Å². The van der Waals surface area contributed by atoms with E-state index in [1.54, 1.807) is 0 Å². The van der Waals surface area contributed by atoms with Crippen molar-refractivity contribution in [1.29, 1.82) is 0 Å². The fourth-order valence-corrected chi connectivity index (χ4v) is 3.34. The highest BCUT2D eigenvalue weighted by molar-refractivity contribution is 5.94. The van der Waals surface area contributed by atoms with Gasteiger partial charge in [0.05, 0.1) is 6.61 Å². The molecule has 5 nitrogen and oxygen atoms in total. The number of ether oxygens (including phenoxy) is 1. The Bertz CT molecular complexity index is 766. The second-order valence-corrected chi connectivity index (χ2v) is 7.27. The van der Waals surface area contributed by atoms with Crippen LogP contribution in [0.3, 0.4) is 0 Å². The summed E-state index contributed by atoms with van der Waals surface area (Å²) in [5.74, 6) is 0.955. The van der Waals surface area contributed by atoms with E-state index in [1.807, 2.05) is 66.4 Å². The zero-order chi connectivity index (χ0) is 19.8. The Balaban J connectivity index is 1.34. The molecule has 0 atom stereocenters. The summed E-state index contributed by atoms with van der Waals surface area (Å²) in [6, 6.07) is 17.4. The molecule has 148 valence electrons. The standard InChI is InChI=1S/C23H28N2O3/c1-18-9-11-19(12-10-18)23(27)25-15-13-20(14-16-25)24-22(26)8-5-17-28-21-6-3-2-4-7-21/h2-4,6-7,9-12,20H,5,8,13-17H2,1H3,(H,24,26). The molecule has 0 saturated carbocycles. The quantitative estimate of drug-likeness (QED) is 0.747. The summed E-state index contributed by atoms with van der Waals surface area (Å²) >= 11 is 0. The Kier molecular flexibility index (Phi) is 7.06. The number of aryl methyl sites for hydroxylation is 1. The highest BCUT2D eigenvalue weighted by Gasteiger charge is 2.24. The first-order chi connectivity index (χ1) is 13.6. The van der Waals surface area contributed by atoms with Crippen molar-refractivity contribution >= 4 is 11.8 Å². The van der Waals surface area contributed by atoms with Gasteiger partial charge < -0.3 is 15.0 Å². The highest BCUT2D eigenvalue weighted by Crippen LogP contribution is 2.15.